The normalized spacial score (nSPS) is 17.0. The maximum absolute atomic E-state index is 13.7. The van der Waals surface area contributed by atoms with Gasteiger partial charge in [0.25, 0.3) is 5.56 Å². The van der Waals surface area contributed by atoms with Crippen LogP contribution >= 0.6 is 27.3 Å². The van der Waals surface area contributed by atoms with Gasteiger partial charge in [0.2, 0.25) is 6.79 Å². The molecule has 7 nitrogen and oxygen atoms in total. The van der Waals surface area contributed by atoms with Crippen LogP contribution in [-0.2, 0) is 9.53 Å². The van der Waals surface area contributed by atoms with Gasteiger partial charge in [-0.05, 0) is 47.7 Å². The molecule has 3 aromatic rings. The van der Waals surface area contributed by atoms with Gasteiger partial charge >= 0.3 is 5.97 Å². The zero-order chi connectivity index (χ0) is 24.9. The summed E-state index contributed by atoms with van der Waals surface area (Å²) in [6.45, 7) is 6.18. The maximum Gasteiger partial charge on any atom is 0.338 e. The van der Waals surface area contributed by atoms with E-state index in [1.165, 1.54) is 24.0 Å². The van der Waals surface area contributed by atoms with Crippen LogP contribution in [0.2, 0.25) is 0 Å². The highest BCUT2D eigenvalue weighted by molar-refractivity contribution is 9.10. The summed E-state index contributed by atoms with van der Waals surface area (Å²) in [4.78, 5) is 31.7. The lowest BCUT2D eigenvalue weighted by Crippen LogP contribution is -2.39. The lowest BCUT2D eigenvalue weighted by molar-refractivity contribution is -0.136. The van der Waals surface area contributed by atoms with E-state index in [4.69, 9.17) is 14.2 Å². The molecule has 180 valence electrons. The fourth-order valence-corrected chi connectivity index (χ4v) is 5.73. The molecule has 0 fully saturated rings. The van der Waals surface area contributed by atoms with Crippen LogP contribution in [0.25, 0.3) is 6.08 Å². The van der Waals surface area contributed by atoms with Crippen LogP contribution in [0.3, 0.4) is 0 Å². The van der Waals surface area contributed by atoms with Crippen LogP contribution < -0.4 is 24.4 Å². The average Bonchev–Trinajstić information content (AvgIpc) is 3.41. The van der Waals surface area contributed by atoms with Gasteiger partial charge in [-0.2, -0.15) is 0 Å². The molecule has 0 radical (unpaired) electrons. The number of nitrogens with zero attached hydrogens (tertiary/aromatic N) is 2. The number of hydrogen-bond donors (Lipinski definition) is 0. The Morgan fingerprint density at radius 1 is 1.23 bits per heavy atom. The van der Waals surface area contributed by atoms with Gasteiger partial charge < -0.3 is 14.2 Å². The monoisotopic (exact) mass is 554 g/mol. The van der Waals surface area contributed by atoms with E-state index in [-0.39, 0.29) is 12.4 Å². The molecule has 1 unspecified atom stereocenters. The fourth-order valence-electron chi connectivity index (χ4n) is 4.26. The molecule has 0 bridgehead atoms. The standard InChI is InChI=1S/C26H23BrN2O5S/c1-13(2)15-5-7-16(8-6-15)23-22(25(31)32-4)14(3)28-26-29(23)24(30)21(35-26)10-17-9-19-20(11-18(17)27)34-12-33-19/h5-11,13,23H,12H2,1-4H3/b21-10-. The second kappa shape index (κ2) is 9.13. The van der Waals surface area contributed by atoms with Crippen molar-refractivity contribution < 1.29 is 19.0 Å². The first kappa shape index (κ1) is 23.6. The number of allylic oxidation sites excluding steroid dienone is 1. The number of thiazole rings is 1. The number of rotatable bonds is 4. The molecule has 5 rings (SSSR count). The predicted octanol–water partition coefficient (Wildman–Crippen LogP) is 4.02. The van der Waals surface area contributed by atoms with Crippen molar-refractivity contribution in [3.63, 3.8) is 0 Å². The Labute approximate surface area is 214 Å². The molecule has 2 aliphatic rings. The number of hydrogen-bond acceptors (Lipinski definition) is 7. The minimum absolute atomic E-state index is 0.165. The summed E-state index contributed by atoms with van der Waals surface area (Å²) in [7, 11) is 1.34. The van der Waals surface area contributed by atoms with Gasteiger partial charge in [0, 0.05) is 4.47 Å². The second-order valence-electron chi connectivity index (χ2n) is 8.62. The van der Waals surface area contributed by atoms with Crippen molar-refractivity contribution in [1.82, 2.24) is 4.57 Å². The van der Waals surface area contributed by atoms with E-state index >= 15 is 0 Å². The first-order valence-electron chi connectivity index (χ1n) is 11.1. The largest absolute Gasteiger partial charge is 0.466 e. The van der Waals surface area contributed by atoms with Gasteiger partial charge in [-0.3, -0.25) is 9.36 Å². The first-order chi connectivity index (χ1) is 16.8. The van der Waals surface area contributed by atoms with Crippen molar-refractivity contribution >= 4 is 39.3 Å². The van der Waals surface area contributed by atoms with E-state index in [1.807, 2.05) is 36.4 Å². The third-order valence-electron chi connectivity index (χ3n) is 6.12. The van der Waals surface area contributed by atoms with Crippen LogP contribution in [0.4, 0.5) is 0 Å². The Bertz CT molecular complexity index is 1550. The van der Waals surface area contributed by atoms with Crippen LogP contribution in [0.15, 0.2) is 61.9 Å². The number of aromatic nitrogens is 1. The van der Waals surface area contributed by atoms with Crippen molar-refractivity contribution in [2.75, 3.05) is 13.9 Å². The highest BCUT2D eigenvalue weighted by Crippen LogP contribution is 2.37. The van der Waals surface area contributed by atoms with Crippen LogP contribution in [0, 0.1) is 0 Å². The Morgan fingerprint density at radius 2 is 1.91 bits per heavy atom. The third kappa shape index (κ3) is 4.12. The SMILES string of the molecule is COC(=O)C1=C(C)N=c2s/c(=C\c3cc4c(cc3Br)OCO4)c(=O)n2C1c1ccc(C(C)C)cc1. The Morgan fingerprint density at radius 3 is 2.57 bits per heavy atom. The summed E-state index contributed by atoms with van der Waals surface area (Å²) in [5, 5.41) is 0. The van der Waals surface area contributed by atoms with Crippen LogP contribution in [0.5, 0.6) is 11.5 Å². The van der Waals surface area contributed by atoms with E-state index in [0.29, 0.717) is 38.0 Å². The first-order valence-corrected chi connectivity index (χ1v) is 12.7. The second-order valence-corrected chi connectivity index (χ2v) is 10.5. The molecule has 3 heterocycles. The molecule has 2 aromatic carbocycles. The van der Waals surface area contributed by atoms with Crippen molar-refractivity contribution in [2.24, 2.45) is 4.99 Å². The van der Waals surface area contributed by atoms with E-state index in [2.05, 4.69) is 34.8 Å². The van der Waals surface area contributed by atoms with Gasteiger partial charge in [-0.15, -0.1) is 0 Å². The number of halogens is 1. The Hall–Kier alpha value is -3.17. The highest BCUT2D eigenvalue weighted by Gasteiger charge is 2.33. The number of ether oxygens (including phenoxy) is 3. The summed E-state index contributed by atoms with van der Waals surface area (Å²) >= 11 is 4.83. The number of carbonyl (C=O) groups excluding carboxylic acids is 1. The molecule has 0 aliphatic carbocycles. The lowest BCUT2D eigenvalue weighted by Gasteiger charge is -2.24. The quantitative estimate of drug-likeness (QED) is 0.455. The van der Waals surface area contributed by atoms with Crippen molar-refractivity contribution in [2.45, 2.75) is 32.7 Å². The molecule has 9 heteroatoms. The number of carbonyl (C=O) groups is 1. The molecule has 0 spiro atoms. The summed E-state index contributed by atoms with van der Waals surface area (Å²) in [6.07, 6.45) is 1.80. The van der Waals surface area contributed by atoms with Crippen LogP contribution in [-0.4, -0.2) is 24.4 Å². The van der Waals surface area contributed by atoms with Crippen molar-refractivity contribution in [1.29, 1.82) is 0 Å². The average molecular weight is 555 g/mol. The molecular weight excluding hydrogens is 532 g/mol. The van der Waals surface area contributed by atoms with E-state index in [0.717, 1.165) is 15.6 Å². The summed E-state index contributed by atoms with van der Waals surface area (Å²) < 4.78 is 18.9. The molecule has 2 aliphatic heterocycles. The van der Waals surface area contributed by atoms with Gasteiger partial charge in [0.05, 0.1) is 29.0 Å². The lowest BCUT2D eigenvalue weighted by atomic mass is 9.93. The van der Waals surface area contributed by atoms with Gasteiger partial charge in [-0.25, -0.2) is 9.79 Å². The number of fused-ring (bicyclic) bond motifs is 2. The van der Waals surface area contributed by atoms with E-state index in [9.17, 15) is 9.59 Å². The summed E-state index contributed by atoms with van der Waals surface area (Å²) in [5.74, 6) is 1.14. The fraction of sp³-hybridized carbons (Fsp3) is 0.269. The van der Waals surface area contributed by atoms with Crippen molar-refractivity contribution in [3.8, 4) is 11.5 Å². The molecule has 0 N–H and O–H groups in total. The molecule has 0 saturated heterocycles. The van der Waals surface area contributed by atoms with Gasteiger partial charge in [0.1, 0.15) is 0 Å². The van der Waals surface area contributed by atoms with Crippen LogP contribution in [0.1, 0.15) is 49.4 Å². The Kier molecular flexibility index (Phi) is 6.14. The third-order valence-corrected chi connectivity index (χ3v) is 7.79. The van der Waals surface area contributed by atoms with Gasteiger partial charge in [-0.1, -0.05) is 65.4 Å². The molecular formula is C26H23BrN2O5S. The minimum Gasteiger partial charge on any atom is -0.466 e. The van der Waals surface area contributed by atoms with E-state index in [1.54, 1.807) is 17.6 Å². The number of methoxy groups -OCH3 is 1. The summed E-state index contributed by atoms with van der Waals surface area (Å²) in [5.41, 5.74) is 3.43. The Balaban J connectivity index is 1.70. The molecule has 0 amide bonds. The maximum atomic E-state index is 13.7. The number of benzene rings is 2. The minimum atomic E-state index is -0.637. The molecule has 1 atom stereocenters. The highest BCUT2D eigenvalue weighted by atomic mass is 79.9. The zero-order valence-electron chi connectivity index (χ0n) is 19.6. The van der Waals surface area contributed by atoms with E-state index < -0.39 is 12.0 Å². The van der Waals surface area contributed by atoms with Crippen molar-refractivity contribution in [3.05, 3.63) is 88.5 Å². The predicted molar refractivity (Wildman–Crippen MR) is 137 cm³/mol. The summed E-state index contributed by atoms with van der Waals surface area (Å²) in [6, 6.07) is 11.0. The molecule has 1 aromatic heterocycles. The zero-order valence-corrected chi connectivity index (χ0v) is 22.0. The molecule has 0 saturated carbocycles. The topological polar surface area (TPSA) is 79.1 Å². The molecule has 35 heavy (non-hydrogen) atoms. The van der Waals surface area contributed by atoms with Gasteiger partial charge in [0.15, 0.2) is 16.3 Å². The number of esters is 1. The smallest absolute Gasteiger partial charge is 0.338 e.